The maximum Gasteiger partial charge on any atom is 0.225 e. The third-order valence-corrected chi connectivity index (χ3v) is 3.90. The Morgan fingerprint density at radius 2 is 2.41 bits per heavy atom. The molecular weight excluding hydrogens is 236 g/mol. The highest BCUT2D eigenvalue weighted by Crippen LogP contribution is 2.11. The van der Waals surface area contributed by atoms with Gasteiger partial charge in [-0.15, -0.1) is 0 Å². The second-order valence-electron chi connectivity index (χ2n) is 4.42. The van der Waals surface area contributed by atoms with Crippen molar-refractivity contribution in [2.75, 3.05) is 38.8 Å². The van der Waals surface area contributed by atoms with Gasteiger partial charge in [-0.2, -0.15) is 11.8 Å². The van der Waals surface area contributed by atoms with E-state index in [-0.39, 0.29) is 12.0 Å². The van der Waals surface area contributed by atoms with Crippen LogP contribution in [-0.2, 0) is 9.53 Å². The number of amides is 1. The molecule has 17 heavy (non-hydrogen) atoms. The van der Waals surface area contributed by atoms with E-state index in [4.69, 9.17) is 4.74 Å². The standard InChI is InChI=1S/C12H24N2O2S/c1-4-10(9-17-3)14(2)12(15)7-11-8-13-5-6-16-11/h10-11,13H,4-9H2,1-3H3. The van der Waals surface area contributed by atoms with Crippen molar-refractivity contribution < 1.29 is 9.53 Å². The van der Waals surface area contributed by atoms with Crippen LogP contribution in [-0.4, -0.2) is 61.7 Å². The van der Waals surface area contributed by atoms with E-state index in [1.54, 1.807) is 11.8 Å². The lowest BCUT2D eigenvalue weighted by atomic mass is 10.1. The molecule has 2 atom stereocenters. The third-order valence-electron chi connectivity index (χ3n) is 3.18. The second kappa shape index (κ2) is 7.95. The molecule has 0 aromatic heterocycles. The minimum absolute atomic E-state index is 0.0467. The van der Waals surface area contributed by atoms with Gasteiger partial charge in [0.1, 0.15) is 0 Å². The van der Waals surface area contributed by atoms with Crippen molar-refractivity contribution in [2.24, 2.45) is 0 Å². The van der Waals surface area contributed by atoms with Crippen molar-refractivity contribution >= 4 is 17.7 Å². The largest absolute Gasteiger partial charge is 0.375 e. The van der Waals surface area contributed by atoms with Crippen LogP contribution in [0.2, 0.25) is 0 Å². The van der Waals surface area contributed by atoms with E-state index < -0.39 is 0 Å². The van der Waals surface area contributed by atoms with Gasteiger partial charge in [0, 0.05) is 31.9 Å². The predicted molar refractivity (Wildman–Crippen MR) is 72.5 cm³/mol. The zero-order valence-corrected chi connectivity index (χ0v) is 11.9. The summed E-state index contributed by atoms with van der Waals surface area (Å²) in [6.45, 7) is 4.52. The summed E-state index contributed by atoms with van der Waals surface area (Å²) >= 11 is 1.79. The van der Waals surface area contributed by atoms with E-state index in [0.29, 0.717) is 19.1 Å². The molecule has 2 unspecified atom stereocenters. The average Bonchev–Trinajstić information content (AvgIpc) is 2.36. The highest BCUT2D eigenvalue weighted by atomic mass is 32.2. The number of thioether (sulfide) groups is 1. The Bertz CT molecular complexity index is 233. The van der Waals surface area contributed by atoms with Gasteiger partial charge in [0.15, 0.2) is 0 Å². The summed E-state index contributed by atoms with van der Waals surface area (Å²) in [4.78, 5) is 14.0. The van der Waals surface area contributed by atoms with Gasteiger partial charge in [0.25, 0.3) is 0 Å². The molecule has 1 aliphatic heterocycles. The first-order chi connectivity index (χ1) is 8.19. The summed E-state index contributed by atoms with van der Waals surface area (Å²) in [7, 11) is 1.91. The van der Waals surface area contributed by atoms with E-state index in [2.05, 4.69) is 18.5 Å². The number of hydrogen-bond donors (Lipinski definition) is 1. The van der Waals surface area contributed by atoms with Crippen LogP contribution in [0.1, 0.15) is 19.8 Å². The number of nitrogens with zero attached hydrogens (tertiary/aromatic N) is 1. The van der Waals surface area contributed by atoms with Gasteiger partial charge >= 0.3 is 0 Å². The van der Waals surface area contributed by atoms with E-state index in [9.17, 15) is 4.79 Å². The first-order valence-electron chi connectivity index (χ1n) is 6.26. The van der Waals surface area contributed by atoms with Crippen molar-refractivity contribution in [1.29, 1.82) is 0 Å². The van der Waals surface area contributed by atoms with Gasteiger partial charge in [0.05, 0.1) is 19.1 Å². The summed E-state index contributed by atoms with van der Waals surface area (Å²) in [5.74, 6) is 1.20. The number of carbonyl (C=O) groups excluding carboxylic acids is 1. The molecule has 0 aromatic carbocycles. The third kappa shape index (κ3) is 4.85. The zero-order valence-electron chi connectivity index (χ0n) is 11.1. The number of ether oxygens (including phenoxy) is 1. The molecule has 1 N–H and O–H groups in total. The number of rotatable bonds is 6. The SMILES string of the molecule is CCC(CSC)N(C)C(=O)CC1CNCCO1. The van der Waals surface area contributed by atoms with Gasteiger partial charge in [-0.25, -0.2) is 0 Å². The lowest BCUT2D eigenvalue weighted by Crippen LogP contribution is -2.44. The van der Waals surface area contributed by atoms with E-state index >= 15 is 0 Å². The van der Waals surface area contributed by atoms with Crippen LogP contribution >= 0.6 is 11.8 Å². The summed E-state index contributed by atoms with van der Waals surface area (Å²) < 4.78 is 5.56. The van der Waals surface area contributed by atoms with Crippen LogP contribution < -0.4 is 5.32 Å². The maximum atomic E-state index is 12.1. The number of nitrogens with one attached hydrogen (secondary N) is 1. The number of carbonyl (C=O) groups is 1. The molecular formula is C12H24N2O2S. The van der Waals surface area contributed by atoms with Crippen molar-refractivity contribution in [3.63, 3.8) is 0 Å². The Labute approximate surface area is 108 Å². The van der Waals surface area contributed by atoms with Gasteiger partial charge in [0.2, 0.25) is 5.91 Å². The minimum atomic E-state index is 0.0467. The topological polar surface area (TPSA) is 41.6 Å². The Hall–Kier alpha value is -0.260. The van der Waals surface area contributed by atoms with Crippen molar-refractivity contribution in [3.8, 4) is 0 Å². The molecule has 100 valence electrons. The Morgan fingerprint density at radius 1 is 1.65 bits per heavy atom. The van der Waals surface area contributed by atoms with E-state index in [1.807, 2.05) is 11.9 Å². The van der Waals surface area contributed by atoms with Crippen LogP contribution in [0, 0.1) is 0 Å². The first kappa shape index (κ1) is 14.8. The highest BCUT2D eigenvalue weighted by molar-refractivity contribution is 7.98. The Morgan fingerprint density at radius 3 is 2.94 bits per heavy atom. The van der Waals surface area contributed by atoms with Crippen LogP contribution in [0.25, 0.3) is 0 Å². The highest BCUT2D eigenvalue weighted by Gasteiger charge is 2.23. The van der Waals surface area contributed by atoms with Crippen LogP contribution in [0.15, 0.2) is 0 Å². The summed E-state index contributed by atoms with van der Waals surface area (Å²) in [5.41, 5.74) is 0. The molecule has 1 rings (SSSR count). The Balaban J connectivity index is 2.38. The van der Waals surface area contributed by atoms with Crippen LogP contribution in [0.4, 0.5) is 0 Å². The molecule has 0 bridgehead atoms. The smallest absolute Gasteiger partial charge is 0.225 e. The van der Waals surface area contributed by atoms with Gasteiger partial charge in [-0.1, -0.05) is 6.92 Å². The minimum Gasteiger partial charge on any atom is -0.375 e. The second-order valence-corrected chi connectivity index (χ2v) is 5.33. The number of hydrogen-bond acceptors (Lipinski definition) is 4. The lowest BCUT2D eigenvalue weighted by Gasteiger charge is -2.30. The quantitative estimate of drug-likeness (QED) is 0.772. The maximum absolute atomic E-state index is 12.1. The average molecular weight is 260 g/mol. The molecule has 4 nitrogen and oxygen atoms in total. The molecule has 1 aliphatic rings. The first-order valence-corrected chi connectivity index (χ1v) is 7.65. The molecule has 1 fully saturated rings. The number of morpholine rings is 1. The summed E-state index contributed by atoms with van der Waals surface area (Å²) in [6, 6.07) is 0.342. The molecule has 5 heteroatoms. The fraction of sp³-hybridized carbons (Fsp3) is 0.917. The molecule has 1 saturated heterocycles. The summed E-state index contributed by atoms with van der Waals surface area (Å²) in [6.07, 6.45) is 3.63. The normalized spacial score (nSPS) is 22.2. The van der Waals surface area contributed by atoms with Crippen molar-refractivity contribution in [1.82, 2.24) is 10.2 Å². The molecule has 1 amide bonds. The van der Waals surface area contributed by atoms with Gasteiger partial charge in [-0.05, 0) is 12.7 Å². The molecule has 0 aliphatic carbocycles. The fourth-order valence-corrected chi connectivity index (χ4v) is 2.83. The Kier molecular flexibility index (Phi) is 6.92. The lowest BCUT2D eigenvalue weighted by molar-refractivity contribution is -0.135. The van der Waals surface area contributed by atoms with Gasteiger partial charge in [-0.3, -0.25) is 4.79 Å². The van der Waals surface area contributed by atoms with Gasteiger partial charge < -0.3 is 15.0 Å². The van der Waals surface area contributed by atoms with E-state index in [0.717, 1.165) is 25.3 Å². The predicted octanol–water partition coefficient (Wildman–Crippen LogP) is 0.965. The van der Waals surface area contributed by atoms with Crippen LogP contribution in [0.3, 0.4) is 0 Å². The fourth-order valence-electron chi connectivity index (χ4n) is 1.99. The zero-order chi connectivity index (χ0) is 12.7. The molecule has 0 radical (unpaired) electrons. The van der Waals surface area contributed by atoms with E-state index in [1.165, 1.54) is 0 Å². The molecule has 0 spiro atoms. The molecule has 1 heterocycles. The van der Waals surface area contributed by atoms with Crippen molar-refractivity contribution in [3.05, 3.63) is 0 Å². The van der Waals surface area contributed by atoms with Crippen LogP contribution in [0.5, 0.6) is 0 Å². The van der Waals surface area contributed by atoms with Crippen molar-refractivity contribution in [2.45, 2.75) is 31.9 Å². The molecule has 0 saturated carbocycles. The molecule has 0 aromatic rings. The monoisotopic (exact) mass is 260 g/mol. The summed E-state index contributed by atoms with van der Waals surface area (Å²) in [5, 5.41) is 3.25.